The highest BCUT2D eigenvalue weighted by Gasteiger charge is 2.36. The summed E-state index contributed by atoms with van der Waals surface area (Å²) < 4.78 is 49.9. The molecule has 2 unspecified atom stereocenters. The lowest BCUT2D eigenvalue weighted by atomic mass is 9.99. The maximum atomic E-state index is 13.2. The molecule has 1 heterocycles. The molecule has 0 bridgehead atoms. The molecule has 0 amide bonds. The van der Waals surface area contributed by atoms with Crippen molar-refractivity contribution in [2.75, 3.05) is 19.5 Å². The lowest BCUT2D eigenvalue weighted by Gasteiger charge is -2.22. The third kappa shape index (κ3) is 4.32. The lowest BCUT2D eigenvalue weighted by Crippen LogP contribution is -2.36. The van der Waals surface area contributed by atoms with Crippen molar-refractivity contribution in [1.29, 1.82) is 0 Å². The van der Waals surface area contributed by atoms with Gasteiger partial charge in [0.1, 0.15) is 11.9 Å². The molecule has 2 aromatic rings. The van der Waals surface area contributed by atoms with Gasteiger partial charge in [0.25, 0.3) is 0 Å². The van der Waals surface area contributed by atoms with Gasteiger partial charge in [-0.25, -0.2) is 14.8 Å². The second kappa shape index (κ2) is 7.85. The van der Waals surface area contributed by atoms with Gasteiger partial charge in [-0.05, 0) is 12.0 Å². The van der Waals surface area contributed by atoms with Crippen LogP contribution in [0.3, 0.4) is 0 Å². The number of rotatable bonds is 7. The van der Waals surface area contributed by atoms with Gasteiger partial charge in [0.05, 0.1) is 19.7 Å². The molecule has 10 heteroatoms. The van der Waals surface area contributed by atoms with Crippen molar-refractivity contribution in [3.05, 3.63) is 18.0 Å². The van der Waals surface area contributed by atoms with Gasteiger partial charge >= 0.3 is 12.1 Å². The van der Waals surface area contributed by atoms with Crippen LogP contribution in [0.5, 0.6) is 11.5 Å². The van der Waals surface area contributed by atoms with Crippen molar-refractivity contribution >= 4 is 22.7 Å². The van der Waals surface area contributed by atoms with Crippen LogP contribution in [0.4, 0.5) is 19.0 Å². The van der Waals surface area contributed by atoms with Crippen molar-refractivity contribution in [2.24, 2.45) is 5.92 Å². The summed E-state index contributed by atoms with van der Waals surface area (Å²) in [4.78, 5) is 18.7. The largest absolute Gasteiger partial charge is 0.493 e. The number of nitrogens with one attached hydrogen (secondary N) is 1. The fourth-order valence-electron chi connectivity index (χ4n) is 2.52. The number of carboxylic acid groups (broad SMARTS) is 1. The summed E-state index contributed by atoms with van der Waals surface area (Å²) in [5.74, 6) is -2.70. The second-order valence-electron chi connectivity index (χ2n) is 5.96. The zero-order valence-corrected chi connectivity index (χ0v) is 15.2. The van der Waals surface area contributed by atoms with E-state index in [4.69, 9.17) is 9.47 Å². The molecule has 2 rings (SSSR count). The summed E-state index contributed by atoms with van der Waals surface area (Å²) in [5, 5.41) is 12.3. The van der Waals surface area contributed by atoms with Gasteiger partial charge in [-0.3, -0.25) is 0 Å². The first-order chi connectivity index (χ1) is 12.6. The van der Waals surface area contributed by atoms with Gasteiger partial charge in [-0.1, -0.05) is 20.3 Å². The number of anilines is 1. The number of alkyl halides is 3. The molecule has 0 saturated heterocycles. The molecule has 148 valence electrons. The van der Waals surface area contributed by atoms with Gasteiger partial charge in [0.2, 0.25) is 5.82 Å². The molecule has 2 atom stereocenters. The van der Waals surface area contributed by atoms with Crippen molar-refractivity contribution < 1.29 is 32.5 Å². The van der Waals surface area contributed by atoms with E-state index in [2.05, 4.69) is 15.3 Å². The monoisotopic (exact) mass is 387 g/mol. The van der Waals surface area contributed by atoms with Gasteiger partial charge in [0, 0.05) is 11.5 Å². The number of aromatic nitrogens is 2. The van der Waals surface area contributed by atoms with Gasteiger partial charge in [0.15, 0.2) is 11.5 Å². The number of ether oxygens (including phenoxy) is 2. The van der Waals surface area contributed by atoms with Crippen LogP contribution in [0, 0.1) is 5.92 Å². The maximum absolute atomic E-state index is 13.2. The van der Waals surface area contributed by atoms with E-state index in [-0.39, 0.29) is 34.1 Å². The van der Waals surface area contributed by atoms with Gasteiger partial charge in [-0.2, -0.15) is 13.2 Å². The lowest BCUT2D eigenvalue weighted by molar-refractivity contribution is -0.144. The minimum atomic E-state index is -4.80. The Bertz CT molecular complexity index is 842. The van der Waals surface area contributed by atoms with E-state index in [1.54, 1.807) is 13.8 Å². The summed E-state index contributed by atoms with van der Waals surface area (Å²) in [5.41, 5.74) is -0.0502. The van der Waals surface area contributed by atoms with E-state index >= 15 is 0 Å². The number of carbonyl (C=O) groups is 1. The van der Waals surface area contributed by atoms with Crippen LogP contribution in [0.15, 0.2) is 12.1 Å². The minimum absolute atomic E-state index is 0.0502. The van der Waals surface area contributed by atoms with Crippen LogP contribution in [0.25, 0.3) is 10.9 Å². The summed E-state index contributed by atoms with van der Waals surface area (Å²) in [6, 6.07) is 1.57. The molecule has 2 N–H and O–H groups in total. The number of carboxylic acids is 1. The molecule has 0 spiro atoms. The molecule has 1 aromatic heterocycles. The highest BCUT2D eigenvalue weighted by Crippen LogP contribution is 2.37. The van der Waals surface area contributed by atoms with Crippen LogP contribution >= 0.6 is 0 Å². The fourth-order valence-corrected chi connectivity index (χ4v) is 2.52. The van der Waals surface area contributed by atoms with Crippen molar-refractivity contribution in [1.82, 2.24) is 9.97 Å². The molecule has 27 heavy (non-hydrogen) atoms. The zero-order chi connectivity index (χ0) is 20.4. The third-order valence-corrected chi connectivity index (χ3v) is 4.23. The van der Waals surface area contributed by atoms with Crippen molar-refractivity contribution in [3.8, 4) is 11.5 Å². The molecule has 0 aliphatic heterocycles. The molecule has 0 aliphatic carbocycles. The normalized spacial score (nSPS) is 13.9. The number of halogens is 3. The third-order valence-electron chi connectivity index (χ3n) is 4.23. The first-order valence-corrected chi connectivity index (χ1v) is 8.12. The highest BCUT2D eigenvalue weighted by molar-refractivity contribution is 5.93. The van der Waals surface area contributed by atoms with E-state index in [1.807, 2.05) is 0 Å². The Hall–Kier alpha value is -2.78. The number of benzene rings is 1. The average Bonchev–Trinajstić information content (AvgIpc) is 2.62. The zero-order valence-electron chi connectivity index (χ0n) is 15.2. The summed E-state index contributed by atoms with van der Waals surface area (Å²) in [7, 11) is 2.72. The van der Waals surface area contributed by atoms with Crippen molar-refractivity contribution in [3.63, 3.8) is 0 Å². The summed E-state index contributed by atoms with van der Waals surface area (Å²) in [6.07, 6.45) is -4.29. The minimum Gasteiger partial charge on any atom is -0.493 e. The van der Waals surface area contributed by atoms with Crippen LogP contribution in [0.2, 0.25) is 0 Å². The standard InChI is InChI=1S/C17H20F3N3O4/c1-5-8(2)13(15(24)25)22-14-9-6-11(26-3)12(27-4)7-10(9)21-16(23-14)17(18,19)20/h6-8,13H,5H2,1-4H3,(H,24,25)(H,21,22,23). The molecule has 7 nitrogen and oxygen atoms in total. The highest BCUT2D eigenvalue weighted by atomic mass is 19.4. The number of methoxy groups -OCH3 is 2. The number of fused-ring (bicyclic) bond motifs is 1. The molecule has 0 saturated carbocycles. The Morgan fingerprint density at radius 1 is 1.22 bits per heavy atom. The quantitative estimate of drug-likeness (QED) is 0.750. The second-order valence-corrected chi connectivity index (χ2v) is 5.96. The Balaban J connectivity index is 2.72. The summed E-state index contributed by atoms with van der Waals surface area (Å²) in [6.45, 7) is 3.47. The maximum Gasteiger partial charge on any atom is 0.451 e. The molecule has 0 fully saturated rings. The molecule has 0 radical (unpaired) electrons. The Morgan fingerprint density at radius 3 is 2.30 bits per heavy atom. The van der Waals surface area contributed by atoms with Crippen LogP contribution in [-0.4, -0.2) is 41.3 Å². The predicted octanol–water partition coefficient (Wildman–Crippen LogP) is 3.58. The number of hydrogen-bond acceptors (Lipinski definition) is 6. The first kappa shape index (κ1) is 20.5. The fraction of sp³-hybridized carbons (Fsp3) is 0.471. The number of nitrogens with zero attached hydrogens (tertiary/aromatic N) is 2. The SMILES string of the molecule is CCC(C)C(Nc1nc(C(F)(F)F)nc2cc(OC)c(OC)cc12)C(=O)O. The average molecular weight is 387 g/mol. The number of hydrogen-bond donors (Lipinski definition) is 2. The molecular formula is C17H20F3N3O4. The van der Waals surface area contributed by atoms with E-state index in [0.717, 1.165) is 0 Å². The topological polar surface area (TPSA) is 93.6 Å². The van der Waals surface area contributed by atoms with E-state index in [0.29, 0.717) is 6.42 Å². The first-order valence-electron chi connectivity index (χ1n) is 8.12. The smallest absolute Gasteiger partial charge is 0.451 e. The van der Waals surface area contributed by atoms with Crippen LogP contribution in [-0.2, 0) is 11.0 Å². The van der Waals surface area contributed by atoms with E-state index in [9.17, 15) is 23.1 Å². The van der Waals surface area contributed by atoms with Gasteiger partial charge in [-0.15, -0.1) is 0 Å². The molecule has 0 aliphatic rings. The van der Waals surface area contributed by atoms with E-state index < -0.39 is 24.0 Å². The Labute approximate surface area is 153 Å². The van der Waals surface area contributed by atoms with Gasteiger partial charge < -0.3 is 19.9 Å². The van der Waals surface area contributed by atoms with Crippen LogP contribution < -0.4 is 14.8 Å². The van der Waals surface area contributed by atoms with E-state index in [1.165, 1.54) is 26.4 Å². The molecule has 1 aromatic carbocycles. The van der Waals surface area contributed by atoms with Crippen molar-refractivity contribution in [2.45, 2.75) is 32.5 Å². The molecular weight excluding hydrogens is 367 g/mol. The summed E-state index contributed by atoms with van der Waals surface area (Å²) >= 11 is 0. The van der Waals surface area contributed by atoms with Crippen LogP contribution in [0.1, 0.15) is 26.1 Å². The number of aliphatic carboxylic acids is 1. The predicted molar refractivity (Wildman–Crippen MR) is 92.1 cm³/mol. The Kier molecular flexibility index (Phi) is 5.97. The Morgan fingerprint density at radius 2 is 1.81 bits per heavy atom.